The number of ether oxygens (including phenoxy) is 1. The molecule has 0 unspecified atom stereocenters. The molecule has 0 spiro atoms. The first-order chi connectivity index (χ1) is 11.8. The zero-order valence-corrected chi connectivity index (χ0v) is 15.6. The van der Waals surface area contributed by atoms with E-state index in [0.29, 0.717) is 17.7 Å². The van der Waals surface area contributed by atoms with Crippen LogP contribution in [0.4, 0.5) is 0 Å². The standard InChI is InChI=1S/C19H25NO4S/c1-14-9-15(2)19(16(3)10-14)25(22,23)20-18(11-21)13-24-12-17-7-5-4-6-8-17/h4-10,18,20-21H,11-13H2,1-3H3/t18-/m1/s1. The van der Waals surface area contributed by atoms with Gasteiger partial charge in [-0.15, -0.1) is 0 Å². The number of nitrogens with one attached hydrogen (secondary N) is 1. The number of aliphatic hydroxyl groups is 1. The van der Waals surface area contributed by atoms with Crippen molar-refractivity contribution in [1.82, 2.24) is 4.72 Å². The summed E-state index contributed by atoms with van der Waals surface area (Å²) in [7, 11) is -3.73. The first-order valence-corrected chi connectivity index (χ1v) is 9.64. The Hall–Kier alpha value is -1.73. The monoisotopic (exact) mass is 363 g/mol. The maximum absolute atomic E-state index is 12.7. The second kappa shape index (κ2) is 8.58. The molecule has 0 heterocycles. The molecule has 0 aliphatic heterocycles. The third-order valence-electron chi connectivity index (χ3n) is 3.85. The van der Waals surface area contributed by atoms with Gasteiger partial charge in [0.15, 0.2) is 0 Å². The molecule has 5 nitrogen and oxygen atoms in total. The summed E-state index contributed by atoms with van der Waals surface area (Å²) in [6, 6.07) is 12.6. The van der Waals surface area contributed by atoms with E-state index in [4.69, 9.17) is 4.74 Å². The van der Waals surface area contributed by atoms with Crippen molar-refractivity contribution in [3.8, 4) is 0 Å². The van der Waals surface area contributed by atoms with E-state index in [1.165, 1.54) is 0 Å². The summed E-state index contributed by atoms with van der Waals surface area (Å²) in [6.07, 6.45) is 0. The molecule has 0 saturated heterocycles. The fourth-order valence-electron chi connectivity index (χ4n) is 2.89. The minimum atomic E-state index is -3.73. The number of aryl methyl sites for hydroxylation is 3. The topological polar surface area (TPSA) is 75.6 Å². The van der Waals surface area contributed by atoms with Crippen LogP contribution in [0.1, 0.15) is 22.3 Å². The van der Waals surface area contributed by atoms with Gasteiger partial charge < -0.3 is 9.84 Å². The van der Waals surface area contributed by atoms with Crippen molar-refractivity contribution >= 4 is 10.0 Å². The van der Waals surface area contributed by atoms with E-state index in [9.17, 15) is 13.5 Å². The molecule has 0 aliphatic carbocycles. The molecule has 0 bridgehead atoms. The highest BCUT2D eigenvalue weighted by molar-refractivity contribution is 7.89. The molecule has 1 atom stereocenters. The van der Waals surface area contributed by atoms with Crippen molar-refractivity contribution in [2.45, 2.75) is 38.3 Å². The molecule has 25 heavy (non-hydrogen) atoms. The van der Waals surface area contributed by atoms with Crippen LogP contribution in [0.25, 0.3) is 0 Å². The van der Waals surface area contributed by atoms with Gasteiger partial charge in [-0.25, -0.2) is 13.1 Å². The number of sulfonamides is 1. The molecule has 0 radical (unpaired) electrons. The van der Waals surface area contributed by atoms with Gasteiger partial charge in [-0.2, -0.15) is 0 Å². The number of aliphatic hydroxyl groups excluding tert-OH is 1. The van der Waals surface area contributed by atoms with Crippen molar-refractivity contribution < 1.29 is 18.3 Å². The molecule has 6 heteroatoms. The van der Waals surface area contributed by atoms with Crippen LogP contribution >= 0.6 is 0 Å². The molecule has 2 aromatic carbocycles. The zero-order valence-electron chi connectivity index (χ0n) is 14.8. The molecule has 0 aliphatic rings. The van der Waals surface area contributed by atoms with E-state index < -0.39 is 16.1 Å². The Labute approximate surface area is 149 Å². The highest BCUT2D eigenvalue weighted by atomic mass is 32.2. The molecule has 2 N–H and O–H groups in total. The van der Waals surface area contributed by atoms with Crippen LogP contribution < -0.4 is 4.72 Å². The SMILES string of the molecule is Cc1cc(C)c(S(=O)(=O)N[C@H](CO)COCc2ccccc2)c(C)c1. The second-order valence-corrected chi connectivity index (χ2v) is 7.88. The lowest BCUT2D eigenvalue weighted by atomic mass is 10.1. The van der Waals surface area contributed by atoms with Crippen LogP contribution in [0.2, 0.25) is 0 Å². The van der Waals surface area contributed by atoms with Crippen molar-refractivity contribution in [2.75, 3.05) is 13.2 Å². The first-order valence-electron chi connectivity index (χ1n) is 8.16. The predicted octanol–water partition coefficient (Wildman–Crippen LogP) is 2.47. The van der Waals surface area contributed by atoms with E-state index in [1.54, 1.807) is 13.8 Å². The van der Waals surface area contributed by atoms with Crippen LogP contribution in [-0.2, 0) is 21.4 Å². The largest absolute Gasteiger partial charge is 0.395 e. The highest BCUT2D eigenvalue weighted by Gasteiger charge is 2.23. The lowest BCUT2D eigenvalue weighted by Crippen LogP contribution is -2.41. The summed E-state index contributed by atoms with van der Waals surface area (Å²) in [5.74, 6) is 0. The van der Waals surface area contributed by atoms with Crippen LogP contribution in [0.15, 0.2) is 47.4 Å². The summed E-state index contributed by atoms with van der Waals surface area (Å²) >= 11 is 0. The lowest BCUT2D eigenvalue weighted by Gasteiger charge is -2.19. The Kier molecular flexibility index (Phi) is 6.72. The number of hydrogen-bond donors (Lipinski definition) is 2. The van der Waals surface area contributed by atoms with Crippen LogP contribution in [0.5, 0.6) is 0 Å². The number of benzene rings is 2. The van der Waals surface area contributed by atoms with Crippen molar-refractivity contribution in [3.63, 3.8) is 0 Å². The Morgan fingerprint density at radius 1 is 1.08 bits per heavy atom. The maximum atomic E-state index is 12.7. The maximum Gasteiger partial charge on any atom is 0.241 e. The highest BCUT2D eigenvalue weighted by Crippen LogP contribution is 2.21. The third kappa shape index (κ3) is 5.37. The Morgan fingerprint density at radius 3 is 2.24 bits per heavy atom. The van der Waals surface area contributed by atoms with Crippen molar-refractivity contribution in [2.24, 2.45) is 0 Å². The van der Waals surface area contributed by atoms with Gasteiger partial charge in [-0.3, -0.25) is 0 Å². The Balaban J connectivity index is 2.04. The molecule has 0 amide bonds. The van der Waals surface area contributed by atoms with Crippen LogP contribution in [0.3, 0.4) is 0 Å². The van der Waals surface area contributed by atoms with Crippen LogP contribution in [0, 0.1) is 20.8 Å². The Bertz CT molecular complexity index is 780. The van der Waals surface area contributed by atoms with Gasteiger partial charge >= 0.3 is 0 Å². The fourth-order valence-corrected chi connectivity index (χ4v) is 4.55. The van der Waals surface area contributed by atoms with Gasteiger partial charge in [0, 0.05) is 0 Å². The Morgan fingerprint density at radius 2 is 1.68 bits per heavy atom. The minimum Gasteiger partial charge on any atom is -0.395 e. The second-order valence-electron chi connectivity index (χ2n) is 6.23. The van der Waals surface area contributed by atoms with E-state index in [0.717, 1.165) is 11.1 Å². The minimum absolute atomic E-state index is 0.0918. The molecule has 0 fully saturated rings. The normalized spacial score (nSPS) is 13.0. The predicted molar refractivity (Wildman–Crippen MR) is 97.9 cm³/mol. The molecule has 0 aromatic heterocycles. The number of rotatable bonds is 8. The molecular weight excluding hydrogens is 338 g/mol. The molecule has 2 aromatic rings. The fraction of sp³-hybridized carbons (Fsp3) is 0.368. The van der Waals surface area contributed by atoms with Gasteiger partial charge in [0.25, 0.3) is 0 Å². The van der Waals surface area contributed by atoms with Crippen LogP contribution in [-0.4, -0.2) is 32.8 Å². The van der Waals surface area contributed by atoms with Gasteiger partial charge in [0.1, 0.15) is 0 Å². The molecule has 2 rings (SSSR count). The molecular formula is C19H25NO4S. The lowest BCUT2D eigenvalue weighted by molar-refractivity contribution is 0.0851. The summed E-state index contributed by atoms with van der Waals surface area (Å²) in [5.41, 5.74) is 3.38. The van der Waals surface area contributed by atoms with Crippen molar-refractivity contribution in [3.05, 3.63) is 64.7 Å². The quantitative estimate of drug-likeness (QED) is 0.755. The van der Waals surface area contributed by atoms with E-state index >= 15 is 0 Å². The molecule has 0 saturated carbocycles. The number of hydrogen-bond acceptors (Lipinski definition) is 4. The smallest absolute Gasteiger partial charge is 0.241 e. The van der Waals surface area contributed by atoms with E-state index in [2.05, 4.69) is 4.72 Å². The van der Waals surface area contributed by atoms with Crippen molar-refractivity contribution in [1.29, 1.82) is 0 Å². The average Bonchev–Trinajstić information content (AvgIpc) is 2.53. The third-order valence-corrected chi connectivity index (χ3v) is 5.67. The summed E-state index contributed by atoms with van der Waals surface area (Å²) in [6.45, 7) is 5.59. The van der Waals surface area contributed by atoms with Gasteiger partial charge in [0.2, 0.25) is 10.0 Å². The average molecular weight is 363 g/mol. The van der Waals surface area contributed by atoms with E-state index in [-0.39, 0.29) is 18.1 Å². The summed E-state index contributed by atoms with van der Waals surface area (Å²) in [5, 5.41) is 9.51. The first kappa shape index (κ1) is 19.6. The summed E-state index contributed by atoms with van der Waals surface area (Å²) in [4.78, 5) is 0.264. The zero-order chi connectivity index (χ0) is 18.4. The van der Waals surface area contributed by atoms with E-state index in [1.807, 2.05) is 49.4 Å². The van der Waals surface area contributed by atoms with Gasteiger partial charge in [-0.05, 0) is 37.5 Å². The van der Waals surface area contributed by atoms with Gasteiger partial charge in [-0.1, -0.05) is 48.0 Å². The molecule has 136 valence electrons. The summed E-state index contributed by atoms with van der Waals surface area (Å²) < 4.78 is 33.5. The van der Waals surface area contributed by atoms with Gasteiger partial charge in [0.05, 0.1) is 30.8 Å².